The van der Waals surface area contributed by atoms with Crippen LogP contribution in [0.3, 0.4) is 0 Å². The second kappa shape index (κ2) is 7.84. The normalized spacial score (nSPS) is 11.5. The van der Waals surface area contributed by atoms with E-state index in [0.29, 0.717) is 12.4 Å². The highest BCUT2D eigenvalue weighted by molar-refractivity contribution is 6.74. The third-order valence-electron chi connectivity index (χ3n) is 3.56. The molecule has 0 spiro atoms. The molecule has 1 rings (SSSR count). The highest BCUT2D eigenvalue weighted by Crippen LogP contribution is 2.36. The quantitative estimate of drug-likeness (QED) is 0.632. The van der Waals surface area contributed by atoms with Crippen molar-refractivity contribution >= 4 is 8.32 Å². The topological polar surface area (TPSA) is 39.4 Å². The maximum Gasteiger partial charge on any atom is 0.336 e. The fourth-order valence-corrected chi connectivity index (χ4v) is 2.15. The largest absolute Gasteiger partial charge is 0.414 e. The number of rotatable bonds is 3. The second-order valence-corrected chi connectivity index (χ2v) is 11.1. The van der Waals surface area contributed by atoms with Crippen LogP contribution in [0.25, 0.3) is 0 Å². The van der Waals surface area contributed by atoms with Crippen LogP contribution in [0.2, 0.25) is 18.1 Å². The average molecular weight is 314 g/mol. The SMILES string of the molecule is CC(C)(C)[Si](C)(C)OC/C=C/C#CC#Cc1cccc(=O)o1. The summed E-state index contributed by atoms with van der Waals surface area (Å²) in [6, 6.07) is 4.56. The minimum Gasteiger partial charge on any atom is -0.414 e. The van der Waals surface area contributed by atoms with Gasteiger partial charge >= 0.3 is 5.63 Å². The number of hydrogen-bond donors (Lipinski definition) is 0. The molecule has 0 radical (unpaired) electrons. The molecule has 116 valence electrons. The van der Waals surface area contributed by atoms with Crippen molar-refractivity contribution in [2.24, 2.45) is 0 Å². The third-order valence-corrected chi connectivity index (χ3v) is 8.06. The Balaban J connectivity index is 2.47. The molecule has 0 aromatic carbocycles. The molecule has 0 aliphatic carbocycles. The summed E-state index contributed by atoms with van der Waals surface area (Å²) in [5, 5.41) is 0.206. The molecule has 0 saturated heterocycles. The predicted molar refractivity (Wildman–Crippen MR) is 91.9 cm³/mol. The van der Waals surface area contributed by atoms with Crippen LogP contribution in [-0.4, -0.2) is 14.9 Å². The van der Waals surface area contributed by atoms with Gasteiger partial charge in [0, 0.05) is 6.07 Å². The average Bonchev–Trinajstić information content (AvgIpc) is 2.40. The van der Waals surface area contributed by atoms with Gasteiger partial charge in [0.15, 0.2) is 14.1 Å². The molecule has 0 aliphatic heterocycles. The van der Waals surface area contributed by atoms with E-state index in [9.17, 15) is 4.79 Å². The Bertz CT molecular complexity index is 698. The van der Waals surface area contributed by atoms with E-state index >= 15 is 0 Å². The van der Waals surface area contributed by atoms with Crippen LogP contribution in [0.1, 0.15) is 26.5 Å². The van der Waals surface area contributed by atoms with Crippen molar-refractivity contribution in [1.29, 1.82) is 0 Å². The zero-order valence-electron chi connectivity index (χ0n) is 13.8. The molecule has 1 heterocycles. The maximum atomic E-state index is 11.0. The molecule has 0 amide bonds. The molecule has 0 bridgehead atoms. The van der Waals surface area contributed by atoms with E-state index in [4.69, 9.17) is 8.84 Å². The van der Waals surface area contributed by atoms with E-state index in [2.05, 4.69) is 57.5 Å². The van der Waals surface area contributed by atoms with Crippen molar-refractivity contribution < 1.29 is 8.84 Å². The lowest BCUT2D eigenvalue weighted by molar-refractivity contribution is 0.328. The molecular weight excluding hydrogens is 292 g/mol. The zero-order valence-corrected chi connectivity index (χ0v) is 14.8. The lowest BCUT2D eigenvalue weighted by Gasteiger charge is -2.35. The van der Waals surface area contributed by atoms with Gasteiger partial charge in [-0.15, -0.1) is 0 Å². The van der Waals surface area contributed by atoms with Gasteiger partial charge in [-0.1, -0.05) is 38.8 Å². The molecule has 0 atom stereocenters. The number of allylic oxidation sites excluding steroid dienone is 1. The van der Waals surface area contributed by atoms with Gasteiger partial charge in [-0.3, -0.25) is 0 Å². The Morgan fingerprint density at radius 3 is 2.64 bits per heavy atom. The highest BCUT2D eigenvalue weighted by Gasteiger charge is 2.36. The van der Waals surface area contributed by atoms with Gasteiger partial charge in [-0.25, -0.2) is 4.79 Å². The molecule has 1 aromatic rings. The molecule has 0 unspecified atom stereocenters. The lowest BCUT2D eigenvalue weighted by Crippen LogP contribution is -2.40. The fourth-order valence-electron chi connectivity index (χ4n) is 1.21. The monoisotopic (exact) mass is 314 g/mol. The van der Waals surface area contributed by atoms with Crippen molar-refractivity contribution in [2.45, 2.75) is 38.9 Å². The first kappa shape index (κ1) is 18.0. The van der Waals surface area contributed by atoms with Crippen LogP contribution in [0.4, 0.5) is 0 Å². The van der Waals surface area contributed by atoms with Crippen LogP contribution in [-0.2, 0) is 4.43 Å². The van der Waals surface area contributed by atoms with Gasteiger partial charge in [0.05, 0.1) is 6.61 Å². The van der Waals surface area contributed by atoms with Crippen LogP contribution in [0.15, 0.2) is 39.6 Å². The predicted octanol–water partition coefficient (Wildman–Crippen LogP) is 3.57. The van der Waals surface area contributed by atoms with Gasteiger partial charge in [0.25, 0.3) is 0 Å². The van der Waals surface area contributed by atoms with Gasteiger partial charge in [-0.2, -0.15) is 0 Å². The Morgan fingerprint density at radius 2 is 2.00 bits per heavy atom. The molecule has 0 aliphatic rings. The second-order valence-electron chi connectivity index (χ2n) is 6.30. The van der Waals surface area contributed by atoms with Gasteiger partial charge in [-0.05, 0) is 48.0 Å². The minimum absolute atomic E-state index is 0.206. The summed E-state index contributed by atoms with van der Waals surface area (Å²) in [5.41, 5.74) is -0.414. The maximum absolute atomic E-state index is 11.0. The highest BCUT2D eigenvalue weighted by atomic mass is 28.4. The number of hydrogen-bond acceptors (Lipinski definition) is 3. The molecule has 1 aromatic heterocycles. The first-order chi connectivity index (χ1) is 10.2. The van der Waals surface area contributed by atoms with Crippen molar-refractivity contribution in [1.82, 2.24) is 0 Å². The van der Waals surface area contributed by atoms with Crippen LogP contribution in [0.5, 0.6) is 0 Å². The van der Waals surface area contributed by atoms with Gasteiger partial charge in [0.1, 0.15) is 0 Å². The molecule has 3 nitrogen and oxygen atoms in total. The fraction of sp³-hybridized carbons (Fsp3) is 0.389. The van der Waals surface area contributed by atoms with E-state index in [1.165, 1.54) is 6.07 Å². The summed E-state index contributed by atoms with van der Waals surface area (Å²) in [6.07, 6.45) is 3.61. The summed E-state index contributed by atoms with van der Waals surface area (Å²) in [6.45, 7) is 11.6. The Hall–Kier alpha value is -2.01. The summed E-state index contributed by atoms with van der Waals surface area (Å²) in [4.78, 5) is 11.0. The molecule has 0 fully saturated rings. The Labute approximate surface area is 133 Å². The molecule has 22 heavy (non-hydrogen) atoms. The zero-order chi connectivity index (χ0) is 16.6. The first-order valence-corrected chi connectivity index (χ1v) is 10.0. The summed E-state index contributed by atoms with van der Waals surface area (Å²) in [5.74, 6) is 11.1. The van der Waals surface area contributed by atoms with E-state index in [1.54, 1.807) is 18.2 Å². The first-order valence-electron chi connectivity index (χ1n) is 7.13. The minimum atomic E-state index is -1.70. The van der Waals surface area contributed by atoms with E-state index in [0.717, 1.165) is 0 Å². The van der Waals surface area contributed by atoms with Crippen LogP contribution in [0, 0.1) is 23.7 Å². The standard InChI is InChI=1S/C18H22O3Si/c1-18(2,3)22(4,5)20-15-10-8-6-7-9-12-16-13-11-14-17(19)21-16/h8,10-11,13-14H,15H2,1-5H3/b10-8+. The van der Waals surface area contributed by atoms with Crippen molar-refractivity contribution in [3.05, 3.63) is 46.5 Å². The molecular formula is C18H22O3Si. The summed E-state index contributed by atoms with van der Waals surface area (Å²) < 4.78 is 10.8. The lowest BCUT2D eigenvalue weighted by atomic mass is 10.2. The Kier molecular flexibility index (Phi) is 6.43. The molecule has 4 heteroatoms. The summed E-state index contributed by atoms with van der Waals surface area (Å²) in [7, 11) is -1.70. The third kappa shape index (κ3) is 6.18. The van der Waals surface area contributed by atoms with E-state index in [1.807, 2.05) is 6.08 Å². The van der Waals surface area contributed by atoms with E-state index in [-0.39, 0.29) is 5.04 Å². The van der Waals surface area contributed by atoms with Gasteiger partial charge in [0.2, 0.25) is 0 Å². The Morgan fingerprint density at radius 1 is 1.27 bits per heavy atom. The van der Waals surface area contributed by atoms with Crippen LogP contribution >= 0.6 is 0 Å². The van der Waals surface area contributed by atoms with Crippen LogP contribution < -0.4 is 5.63 Å². The summed E-state index contributed by atoms with van der Waals surface area (Å²) >= 11 is 0. The smallest absolute Gasteiger partial charge is 0.336 e. The van der Waals surface area contributed by atoms with Crippen molar-refractivity contribution in [3.8, 4) is 23.7 Å². The van der Waals surface area contributed by atoms with Gasteiger partial charge < -0.3 is 8.84 Å². The van der Waals surface area contributed by atoms with E-state index < -0.39 is 13.9 Å². The molecule has 0 N–H and O–H groups in total. The van der Waals surface area contributed by atoms with Crippen molar-refractivity contribution in [2.75, 3.05) is 6.61 Å². The van der Waals surface area contributed by atoms with Crippen molar-refractivity contribution in [3.63, 3.8) is 0 Å². The molecule has 0 saturated carbocycles.